The van der Waals surface area contributed by atoms with Crippen LogP contribution in [0, 0.1) is 5.92 Å². The van der Waals surface area contributed by atoms with Crippen molar-refractivity contribution in [2.24, 2.45) is 5.92 Å². The van der Waals surface area contributed by atoms with Crippen molar-refractivity contribution in [1.82, 2.24) is 25.1 Å². The quantitative estimate of drug-likeness (QED) is 0.589. The Labute approximate surface area is 213 Å². The number of amides is 1. The van der Waals surface area contributed by atoms with Crippen LogP contribution in [0.5, 0.6) is 0 Å². The Balaban J connectivity index is 1.16. The van der Waals surface area contributed by atoms with Crippen molar-refractivity contribution >= 4 is 23.2 Å². The molecule has 1 aliphatic heterocycles. The molecule has 2 atom stereocenters. The fraction of sp³-hybridized carbons (Fsp3) is 0.667. The van der Waals surface area contributed by atoms with E-state index in [1.807, 2.05) is 24.4 Å². The number of nitrogens with zero attached hydrogens (tertiary/aromatic N) is 4. The molecule has 190 valence electrons. The third kappa shape index (κ3) is 6.60. The fourth-order valence-corrected chi connectivity index (χ4v) is 6.77. The number of hydrogen-bond acceptors (Lipinski definition) is 7. The Bertz CT molecular complexity index is 966. The summed E-state index contributed by atoms with van der Waals surface area (Å²) in [5.41, 5.74) is 0.880. The Hall–Kier alpha value is -2.03. The second-order valence-electron chi connectivity index (χ2n) is 10.6. The van der Waals surface area contributed by atoms with E-state index >= 15 is 0 Å². The van der Waals surface area contributed by atoms with Crippen LogP contribution in [0.25, 0.3) is 10.6 Å². The van der Waals surface area contributed by atoms with E-state index in [2.05, 4.69) is 32.5 Å². The lowest BCUT2D eigenvalue weighted by atomic mass is 9.89. The van der Waals surface area contributed by atoms with E-state index < -0.39 is 0 Å². The summed E-state index contributed by atoms with van der Waals surface area (Å²) in [4.78, 5) is 28.9. The minimum absolute atomic E-state index is 0.0383. The highest BCUT2D eigenvalue weighted by molar-refractivity contribution is 7.17. The smallest absolute Gasteiger partial charge is 0.261 e. The molecule has 0 bridgehead atoms. The molecule has 3 fully saturated rings. The van der Waals surface area contributed by atoms with Crippen LogP contribution in [-0.2, 0) is 0 Å². The number of aromatic nitrogens is 2. The number of rotatable bonds is 7. The number of likely N-dealkylation sites (N-methyl/N-ethyl adjacent to an activating group) is 1. The van der Waals surface area contributed by atoms with E-state index in [0.29, 0.717) is 23.9 Å². The minimum Gasteiger partial charge on any atom is -0.351 e. The summed E-state index contributed by atoms with van der Waals surface area (Å²) in [6, 6.07) is 6.94. The Morgan fingerprint density at radius 1 is 1.03 bits per heavy atom. The number of anilines is 1. The zero-order valence-electron chi connectivity index (χ0n) is 21.0. The van der Waals surface area contributed by atoms with Gasteiger partial charge in [0.25, 0.3) is 5.91 Å². The molecule has 2 aromatic heterocycles. The summed E-state index contributed by atoms with van der Waals surface area (Å²) < 4.78 is 0. The largest absolute Gasteiger partial charge is 0.351 e. The zero-order chi connectivity index (χ0) is 24.0. The van der Waals surface area contributed by atoms with Gasteiger partial charge in [0.15, 0.2) is 0 Å². The molecule has 2 saturated carbocycles. The van der Waals surface area contributed by atoms with Gasteiger partial charge < -0.3 is 15.5 Å². The monoisotopic (exact) mass is 496 g/mol. The van der Waals surface area contributed by atoms with E-state index in [0.717, 1.165) is 28.4 Å². The first-order valence-electron chi connectivity index (χ1n) is 13.5. The van der Waals surface area contributed by atoms with Crippen molar-refractivity contribution in [3.8, 4) is 10.6 Å². The maximum Gasteiger partial charge on any atom is 0.261 e. The predicted molar refractivity (Wildman–Crippen MR) is 143 cm³/mol. The van der Waals surface area contributed by atoms with Crippen LogP contribution < -0.4 is 10.6 Å². The van der Waals surface area contributed by atoms with Crippen LogP contribution in [0.1, 0.15) is 67.5 Å². The van der Waals surface area contributed by atoms with Crippen molar-refractivity contribution in [1.29, 1.82) is 0 Å². The molecular weight excluding hydrogens is 456 g/mol. The molecule has 0 aromatic carbocycles. The third-order valence-electron chi connectivity index (χ3n) is 8.05. The van der Waals surface area contributed by atoms with E-state index in [4.69, 9.17) is 4.98 Å². The van der Waals surface area contributed by atoms with Crippen molar-refractivity contribution in [2.75, 3.05) is 45.1 Å². The van der Waals surface area contributed by atoms with Crippen LogP contribution in [0.2, 0.25) is 0 Å². The molecule has 1 amide bonds. The average Bonchev–Trinajstić information content (AvgIpc) is 3.39. The lowest BCUT2D eigenvalue weighted by molar-refractivity contribution is 0.0885. The summed E-state index contributed by atoms with van der Waals surface area (Å²) in [5.74, 6) is 1.37. The van der Waals surface area contributed by atoms with Crippen LogP contribution in [0.3, 0.4) is 0 Å². The summed E-state index contributed by atoms with van der Waals surface area (Å²) in [6.07, 6.45) is 13.1. The van der Waals surface area contributed by atoms with Gasteiger partial charge in [0, 0.05) is 51.0 Å². The molecule has 8 heteroatoms. The Morgan fingerprint density at radius 3 is 2.69 bits per heavy atom. The molecule has 3 aliphatic rings. The van der Waals surface area contributed by atoms with Gasteiger partial charge in [-0.3, -0.25) is 9.69 Å². The molecule has 2 aliphatic carbocycles. The van der Waals surface area contributed by atoms with Gasteiger partial charge in [-0.05, 0) is 69.7 Å². The number of nitrogens with one attached hydrogen (secondary N) is 2. The van der Waals surface area contributed by atoms with Gasteiger partial charge in [-0.25, -0.2) is 9.97 Å². The zero-order valence-corrected chi connectivity index (χ0v) is 21.9. The number of carbonyl (C=O) groups excluding carboxylic acids is 1. The highest BCUT2D eigenvalue weighted by Gasteiger charge is 2.29. The first-order chi connectivity index (χ1) is 17.1. The van der Waals surface area contributed by atoms with Gasteiger partial charge in [-0.2, -0.15) is 0 Å². The van der Waals surface area contributed by atoms with E-state index in [9.17, 15) is 4.79 Å². The van der Waals surface area contributed by atoms with Gasteiger partial charge in [-0.1, -0.05) is 19.3 Å². The molecular formula is C27H40N6OS. The maximum absolute atomic E-state index is 12.7. The average molecular weight is 497 g/mol. The summed E-state index contributed by atoms with van der Waals surface area (Å²) >= 11 is 1.51. The maximum atomic E-state index is 12.7. The third-order valence-corrected chi connectivity index (χ3v) is 9.15. The normalized spacial score (nSPS) is 24.8. The van der Waals surface area contributed by atoms with Crippen molar-refractivity contribution in [2.45, 2.75) is 69.9 Å². The van der Waals surface area contributed by atoms with E-state index in [-0.39, 0.29) is 5.91 Å². The molecule has 1 saturated heterocycles. The first-order valence-corrected chi connectivity index (χ1v) is 14.4. The lowest BCUT2D eigenvalue weighted by Gasteiger charge is -2.41. The molecule has 2 unspecified atom stereocenters. The molecule has 7 nitrogen and oxygen atoms in total. The molecule has 0 radical (unpaired) electrons. The van der Waals surface area contributed by atoms with Crippen molar-refractivity contribution in [3.05, 3.63) is 29.3 Å². The Kier molecular flexibility index (Phi) is 8.31. The lowest BCUT2D eigenvalue weighted by Crippen LogP contribution is -2.51. The molecule has 0 spiro atoms. The number of thiophene rings is 1. The Morgan fingerprint density at radius 2 is 1.86 bits per heavy atom. The van der Waals surface area contributed by atoms with Gasteiger partial charge in [0.1, 0.15) is 0 Å². The number of hydrogen-bond donors (Lipinski definition) is 2. The van der Waals surface area contributed by atoms with E-state index in [1.54, 1.807) is 0 Å². The van der Waals surface area contributed by atoms with Crippen LogP contribution in [0.15, 0.2) is 24.4 Å². The van der Waals surface area contributed by atoms with Gasteiger partial charge >= 0.3 is 0 Å². The first kappa shape index (κ1) is 24.7. The molecule has 2 N–H and O–H groups in total. The number of piperazine rings is 1. The van der Waals surface area contributed by atoms with E-state index in [1.165, 1.54) is 88.9 Å². The molecule has 5 rings (SSSR count). The standard InChI is InChI=1S/C27H40N6OS/c1-32-14-16-33(17-15-32)22-9-5-8-21(18-22)30-27-28-13-12-23(31-27)24-10-11-25(35-24)26(34)29-19-20-6-3-2-4-7-20/h10-13,20-22H,2-9,14-19H2,1H3,(H,29,34)(H,28,30,31). The second kappa shape index (κ2) is 11.8. The summed E-state index contributed by atoms with van der Waals surface area (Å²) in [6.45, 7) is 5.48. The van der Waals surface area contributed by atoms with Crippen LogP contribution in [-0.4, -0.2) is 77.5 Å². The topological polar surface area (TPSA) is 73.4 Å². The van der Waals surface area contributed by atoms with Gasteiger partial charge in [0.05, 0.1) is 15.4 Å². The highest BCUT2D eigenvalue weighted by Crippen LogP contribution is 2.29. The van der Waals surface area contributed by atoms with Gasteiger partial charge in [0.2, 0.25) is 5.95 Å². The summed E-state index contributed by atoms with van der Waals surface area (Å²) in [7, 11) is 2.22. The summed E-state index contributed by atoms with van der Waals surface area (Å²) in [5, 5.41) is 6.77. The molecule has 35 heavy (non-hydrogen) atoms. The van der Waals surface area contributed by atoms with Gasteiger partial charge in [-0.15, -0.1) is 11.3 Å². The van der Waals surface area contributed by atoms with Crippen LogP contribution in [0.4, 0.5) is 5.95 Å². The molecule has 3 heterocycles. The number of carbonyl (C=O) groups is 1. The predicted octanol–water partition coefficient (Wildman–Crippen LogP) is 4.49. The van der Waals surface area contributed by atoms with Crippen molar-refractivity contribution < 1.29 is 4.79 Å². The second-order valence-corrected chi connectivity index (χ2v) is 11.7. The fourth-order valence-electron chi connectivity index (χ4n) is 5.87. The van der Waals surface area contributed by atoms with Crippen molar-refractivity contribution in [3.63, 3.8) is 0 Å². The van der Waals surface area contributed by atoms with Crippen LogP contribution >= 0.6 is 11.3 Å². The molecule has 2 aromatic rings. The highest BCUT2D eigenvalue weighted by atomic mass is 32.1. The minimum atomic E-state index is 0.0383. The SMILES string of the molecule is CN1CCN(C2CCCC(Nc3nccc(-c4ccc(C(=O)NCC5CCCCC5)s4)n3)C2)CC1.